The van der Waals surface area contributed by atoms with Crippen molar-refractivity contribution < 1.29 is 14.7 Å². The van der Waals surface area contributed by atoms with Gasteiger partial charge in [0.1, 0.15) is 0 Å². The molecule has 0 unspecified atom stereocenters. The number of aliphatic carboxylic acids is 1. The quantitative estimate of drug-likeness (QED) is 0.828. The van der Waals surface area contributed by atoms with Crippen molar-refractivity contribution in [1.82, 2.24) is 9.88 Å². The summed E-state index contributed by atoms with van der Waals surface area (Å²) in [6.45, 7) is 6.27. The Balaban J connectivity index is 2.65. The first-order chi connectivity index (χ1) is 9.41. The van der Waals surface area contributed by atoms with Gasteiger partial charge in [-0.2, -0.15) is 0 Å². The normalized spacial score (nSPS) is 10.6. The summed E-state index contributed by atoms with van der Waals surface area (Å²) in [4.78, 5) is 28.8. The Morgan fingerprint density at radius 2 is 2.10 bits per heavy atom. The average Bonchev–Trinajstić information content (AvgIpc) is 2.36. The molecule has 0 radical (unpaired) electrons. The number of pyridine rings is 1. The van der Waals surface area contributed by atoms with Crippen molar-refractivity contribution in [2.75, 3.05) is 6.54 Å². The minimum atomic E-state index is -0.832. The maximum Gasteiger partial charge on any atom is 0.303 e. The van der Waals surface area contributed by atoms with Crippen molar-refractivity contribution in [3.8, 4) is 0 Å². The van der Waals surface area contributed by atoms with Crippen LogP contribution in [0.3, 0.4) is 0 Å². The first kappa shape index (κ1) is 16.1. The molecule has 1 N–H and O–H groups in total. The first-order valence-electron chi connectivity index (χ1n) is 6.83. The third-order valence-corrected chi connectivity index (χ3v) is 3.17. The highest BCUT2D eigenvalue weighted by atomic mass is 16.4. The second kappa shape index (κ2) is 7.62. The molecule has 0 fully saturated rings. The maximum absolute atomic E-state index is 12.3. The monoisotopic (exact) mass is 278 g/mol. The van der Waals surface area contributed by atoms with Crippen LogP contribution >= 0.6 is 0 Å². The van der Waals surface area contributed by atoms with Gasteiger partial charge in [-0.05, 0) is 38.8 Å². The molecule has 0 atom stereocenters. The number of rotatable bonds is 7. The minimum Gasteiger partial charge on any atom is -0.481 e. The molecule has 0 bridgehead atoms. The van der Waals surface area contributed by atoms with Crippen LogP contribution in [0.25, 0.3) is 0 Å². The molecule has 1 heterocycles. The first-order valence-corrected chi connectivity index (χ1v) is 6.83. The van der Waals surface area contributed by atoms with E-state index in [1.807, 2.05) is 32.9 Å². The Kier molecular flexibility index (Phi) is 6.15. The summed E-state index contributed by atoms with van der Waals surface area (Å²) < 4.78 is 0. The summed E-state index contributed by atoms with van der Waals surface area (Å²) >= 11 is 0. The van der Waals surface area contributed by atoms with Crippen LogP contribution < -0.4 is 0 Å². The molecule has 0 aliphatic rings. The third kappa shape index (κ3) is 4.99. The third-order valence-electron chi connectivity index (χ3n) is 3.17. The number of amides is 1. The van der Waals surface area contributed by atoms with Gasteiger partial charge in [-0.15, -0.1) is 0 Å². The highest BCUT2D eigenvalue weighted by Gasteiger charge is 2.18. The zero-order chi connectivity index (χ0) is 15.1. The number of carbonyl (C=O) groups excluding carboxylic acids is 1. The Labute approximate surface area is 119 Å². The topological polar surface area (TPSA) is 70.5 Å². The molecule has 5 heteroatoms. The van der Waals surface area contributed by atoms with E-state index in [4.69, 9.17) is 5.11 Å². The van der Waals surface area contributed by atoms with Crippen LogP contribution in [0.15, 0.2) is 18.3 Å². The van der Waals surface area contributed by atoms with Gasteiger partial charge in [0.2, 0.25) is 5.91 Å². The van der Waals surface area contributed by atoms with E-state index < -0.39 is 5.97 Å². The maximum atomic E-state index is 12.3. The second-order valence-corrected chi connectivity index (χ2v) is 5.12. The highest BCUT2D eigenvalue weighted by molar-refractivity contribution is 5.79. The summed E-state index contributed by atoms with van der Waals surface area (Å²) in [5.74, 6) is -0.839. The predicted octanol–water partition coefficient (Wildman–Crippen LogP) is 2.03. The van der Waals surface area contributed by atoms with Gasteiger partial charge in [0.25, 0.3) is 0 Å². The highest BCUT2D eigenvalue weighted by Crippen LogP contribution is 2.09. The molecule has 5 nitrogen and oxygen atoms in total. The van der Waals surface area contributed by atoms with E-state index in [0.29, 0.717) is 13.0 Å². The second-order valence-electron chi connectivity index (χ2n) is 5.12. The van der Waals surface area contributed by atoms with E-state index in [-0.39, 0.29) is 24.8 Å². The summed E-state index contributed by atoms with van der Waals surface area (Å²) in [7, 11) is 0. The number of carboxylic acid groups (broad SMARTS) is 1. The van der Waals surface area contributed by atoms with E-state index in [1.165, 1.54) is 0 Å². The summed E-state index contributed by atoms with van der Waals surface area (Å²) in [6, 6.07) is 3.83. The fourth-order valence-corrected chi connectivity index (χ4v) is 2.02. The molecule has 1 amide bonds. The summed E-state index contributed by atoms with van der Waals surface area (Å²) in [6.07, 6.45) is 2.50. The molecule has 0 aromatic carbocycles. The molecular weight excluding hydrogens is 256 g/mol. The van der Waals surface area contributed by atoms with Crippen molar-refractivity contribution in [3.63, 3.8) is 0 Å². The number of aryl methyl sites for hydroxylation is 1. The summed E-state index contributed by atoms with van der Waals surface area (Å²) in [5, 5.41) is 8.66. The van der Waals surface area contributed by atoms with Crippen molar-refractivity contribution in [3.05, 3.63) is 29.6 Å². The minimum absolute atomic E-state index is 0.00723. The number of carboxylic acids is 1. The largest absolute Gasteiger partial charge is 0.481 e. The number of hydrogen-bond acceptors (Lipinski definition) is 3. The van der Waals surface area contributed by atoms with Gasteiger partial charge in [-0.3, -0.25) is 14.6 Å². The zero-order valence-electron chi connectivity index (χ0n) is 12.3. The molecule has 1 aromatic rings. The van der Waals surface area contributed by atoms with Gasteiger partial charge < -0.3 is 10.0 Å². The standard InChI is InChI=1S/C15H22N2O3/c1-11(2)17(9-5-7-15(19)20)14(18)10-13-12(3)6-4-8-16-13/h4,6,8,11H,5,7,9-10H2,1-3H3,(H,19,20). The van der Waals surface area contributed by atoms with Crippen molar-refractivity contribution in [2.45, 2.75) is 46.1 Å². The van der Waals surface area contributed by atoms with Gasteiger partial charge in [-0.1, -0.05) is 6.07 Å². The lowest BCUT2D eigenvalue weighted by Crippen LogP contribution is -2.39. The van der Waals surface area contributed by atoms with Crippen molar-refractivity contribution in [2.24, 2.45) is 0 Å². The molecule has 110 valence electrons. The number of carbonyl (C=O) groups is 2. The predicted molar refractivity (Wildman–Crippen MR) is 76.4 cm³/mol. The van der Waals surface area contributed by atoms with Crippen molar-refractivity contribution >= 4 is 11.9 Å². The number of aromatic nitrogens is 1. The van der Waals surface area contributed by atoms with E-state index in [9.17, 15) is 9.59 Å². The Bertz CT molecular complexity index is 472. The zero-order valence-corrected chi connectivity index (χ0v) is 12.3. The van der Waals surface area contributed by atoms with Gasteiger partial charge in [0, 0.05) is 25.2 Å². The Hall–Kier alpha value is -1.91. The van der Waals surface area contributed by atoms with Gasteiger partial charge in [0.05, 0.1) is 12.1 Å². The lowest BCUT2D eigenvalue weighted by molar-refractivity contribution is -0.138. The molecule has 0 aliphatic heterocycles. The van der Waals surface area contributed by atoms with Crippen LogP contribution in [-0.4, -0.2) is 39.5 Å². The van der Waals surface area contributed by atoms with Gasteiger partial charge >= 0.3 is 5.97 Å². The number of nitrogens with zero attached hydrogens (tertiary/aromatic N) is 2. The molecular formula is C15H22N2O3. The van der Waals surface area contributed by atoms with E-state index >= 15 is 0 Å². The molecule has 0 aliphatic carbocycles. The van der Waals surface area contributed by atoms with Crippen LogP contribution in [0, 0.1) is 6.92 Å². The van der Waals surface area contributed by atoms with Crippen LogP contribution in [0.1, 0.15) is 37.9 Å². The molecule has 20 heavy (non-hydrogen) atoms. The molecule has 0 saturated heterocycles. The van der Waals surface area contributed by atoms with Gasteiger partial charge in [0.15, 0.2) is 0 Å². The molecule has 1 rings (SSSR count). The smallest absolute Gasteiger partial charge is 0.303 e. The van der Waals surface area contributed by atoms with Gasteiger partial charge in [-0.25, -0.2) is 0 Å². The van der Waals surface area contributed by atoms with Crippen LogP contribution in [-0.2, 0) is 16.0 Å². The van der Waals surface area contributed by atoms with Crippen LogP contribution in [0.5, 0.6) is 0 Å². The number of hydrogen-bond donors (Lipinski definition) is 1. The van der Waals surface area contributed by atoms with Crippen LogP contribution in [0.2, 0.25) is 0 Å². The van der Waals surface area contributed by atoms with Crippen molar-refractivity contribution in [1.29, 1.82) is 0 Å². The van der Waals surface area contributed by atoms with E-state index in [2.05, 4.69) is 4.98 Å². The Morgan fingerprint density at radius 3 is 2.65 bits per heavy atom. The van der Waals surface area contributed by atoms with E-state index in [0.717, 1.165) is 11.3 Å². The molecule has 0 spiro atoms. The van der Waals surface area contributed by atoms with E-state index in [1.54, 1.807) is 11.1 Å². The fourth-order valence-electron chi connectivity index (χ4n) is 2.02. The van der Waals surface area contributed by atoms with Crippen LogP contribution in [0.4, 0.5) is 0 Å². The molecule has 0 saturated carbocycles. The Morgan fingerprint density at radius 1 is 1.40 bits per heavy atom. The SMILES string of the molecule is Cc1cccnc1CC(=O)N(CCCC(=O)O)C(C)C. The lowest BCUT2D eigenvalue weighted by atomic mass is 10.1. The fraction of sp³-hybridized carbons (Fsp3) is 0.533. The average molecular weight is 278 g/mol. The molecule has 1 aromatic heterocycles. The summed E-state index contributed by atoms with van der Waals surface area (Å²) in [5.41, 5.74) is 1.77. The lowest BCUT2D eigenvalue weighted by Gasteiger charge is -2.26.